The van der Waals surface area contributed by atoms with Crippen molar-refractivity contribution in [1.82, 2.24) is 19.9 Å². The third-order valence-electron chi connectivity index (χ3n) is 3.77. The Morgan fingerprint density at radius 2 is 1.92 bits per heavy atom. The number of hydrogen-bond acceptors (Lipinski definition) is 6. The molecule has 24 heavy (non-hydrogen) atoms. The van der Waals surface area contributed by atoms with Gasteiger partial charge in [-0.3, -0.25) is 4.98 Å². The zero-order valence-corrected chi connectivity index (χ0v) is 14.9. The summed E-state index contributed by atoms with van der Waals surface area (Å²) in [6.07, 6.45) is 5.41. The summed E-state index contributed by atoms with van der Waals surface area (Å²) in [5.41, 5.74) is 4.97. The summed E-state index contributed by atoms with van der Waals surface area (Å²) in [6.45, 7) is 4.12. The molecule has 0 spiro atoms. The average Bonchev–Trinajstić information content (AvgIpc) is 3.26. The number of nitrogens with zero attached hydrogens (tertiary/aromatic N) is 4. The van der Waals surface area contributed by atoms with Crippen molar-refractivity contribution < 1.29 is 0 Å². The van der Waals surface area contributed by atoms with Crippen LogP contribution in [0.1, 0.15) is 10.6 Å². The SMILES string of the molecule is Cc1nc(-c2nc(-c3cccnc3)ncc2-c2ccsc2)sc1C. The Bertz CT molecular complexity index is 956. The third-order valence-corrected chi connectivity index (χ3v) is 5.53. The van der Waals surface area contributed by atoms with Crippen LogP contribution < -0.4 is 0 Å². The molecule has 0 fully saturated rings. The molecule has 0 unspecified atom stereocenters. The van der Waals surface area contributed by atoms with Gasteiger partial charge in [-0.25, -0.2) is 15.0 Å². The molecule has 0 aromatic carbocycles. The first-order chi connectivity index (χ1) is 11.7. The number of aryl methyl sites for hydroxylation is 2. The molecular formula is C18H14N4S2. The highest BCUT2D eigenvalue weighted by Crippen LogP contribution is 2.35. The van der Waals surface area contributed by atoms with Crippen LogP contribution in [0.2, 0.25) is 0 Å². The van der Waals surface area contributed by atoms with Crippen LogP contribution in [0.3, 0.4) is 0 Å². The highest BCUT2D eigenvalue weighted by atomic mass is 32.1. The molecular weight excluding hydrogens is 336 g/mol. The van der Waals surface area contributed by atoms with E-state index in [-0.39, 0.29) is 0 Å². The largest absolute Gasteiger partial charge is 0.264 e. The van der Waals surface area contributed by atoms with Crippen molar-refractivity contribution in [1.29, 1.82) is 0 Å². The van der Waals surface area contributed by atoms with Crippen LogP contribution in [0, 0.1) is 13.8 Å². The molecule has 0 amide bonds. The van der Waals surface area contributed by atoms with Gasteiger partial charge in [0.2, 0.25) is 0 Å². The molecule has 4 aromatic rings. The molecule has 0 N–H and O–H groups in total. The van der Waals surface area contributed by atoms with Crippen molar-refractivity contribution in [3.05, 3.63) is 58.1 Å². The van der Waals surface area contributed by atoms with E-state index in [1.54, 1.807) is 35.1 Å². The maximum absolute atomic E-state index is 4.83. The Kier molecular flexibility index (Phi) is 3.92. The molecule has 0 saturated carbocycles. The first-order valence-corrected chi connectivity index (χ1v) is 9.22. The van der Waals surface area contributed by atoms with Crippen molar-refractivity contribution in [2.75, 3.05) is 0 Å². The van der Waals surface area contributed by atoms with E-state index < -0.39 is 0 Å². The molecule has 0 bridgehead atoms. The van der Waals surface area contributed by atoms with Crippen molar-refractivity contribution in [2.45, 2.75) is 13.8 Å². The highest BCUT2D eigenvalue weighted by molar-refractivity contribution is 7.15. The number of hydrogen-bond donors (Lipinski definition) is 0. The summed E-state index contributed by atoms with van der Waals surface area (Å²) in [6, 6.07) is 5.95. The van der Waals surface area contributed by atoms with Crippen LogP contribution in [0.5, 0.6) is 0 Å². The standard InChI is InChI=1S/C18H14N4S2/c1-11-12(2)24-18(21-11)16-15(14-5-7-23-10-14)9-20-17(22-16)13-4-3-6-19-8-13/h3-10H,1-2H3. The number of rotatable bonds is 3. The molecule has 6 heteroatoms. The van der Waals surface area contributed by atoms with Gasteiger partial charge < -0.3 is 0 Å². The molecule has 4 rings (SSSR count). The smallest absolute Gasteiger partial charge is 0.161 e. The van der Waals surface area contributed by atoms with Gasteiger partial charge in [0.15, 0.2) is 5.82 Å². The van der Waals surface area contributed by atoms with Crippen molar-refractivity contribution in [3.8, 4) is 33.2 Å². The molecule has 0 atom stereocenters. The van der Waals surface area contributed by atoms with Gasteiger partial charge in [-0.1, -0.05) is 0 Å². The van der Waals surface area contributed by atoms with Gasteiger partial charge in [-0.15, -0.1) is 11.3 Å². The lowest BCUT2D eigenvalue weighted by Gasteiger charge is -2.07. The van der Waals surface area contributed by atoms with E-state index in [1.165, 1.54) is 4.88 Å². The van der Waals surface area contributed by atoms with E-state index in [1.807, 2.05) is 25.3 Å². The highest BCUT2D eigenvalue weighted by Gasteiger charge is 2.16. The zero-order chi connectivity index (χ0) is 16.5. The van der Waals surface area contributed by atoms with Crippen LogP contribution in [0.15, 0.2) is 47.5 Å². The van der Waals surface area contributed by atoms with E-state index in [9.17, 15) is 0 Å². The van der Waals surface area contributed by atoms with E-state index in [0.717, 1.165) is 33.1 Å². The Morgan fingerprint density at radius 1 is 1.00 bits per heavy atom. The third kappa shape index (κ3) is 2.74. The summed E-state index contributed by atoms with van der Waals surface area (Å²) < 4.78 is 0. The molecule has 4 aromatic heterocycles. The minimum absolute atomic E-state index is 0.669. The van der Waals surface area contributed by atoms with Crippen molar-refractivity contribution in [3.63, 3.8) is 0 Å². The topological polar surface area (TPSA) is 51.6 Å². The number of thiazole rings is 1. The van der Waals surface area contributed by atoms with E-state index in [4.69, 9.17) is 9.97 Å². The van der Waals surface area contributed by atoms with Gasteiger partial charge in [0.05, 0.1) is 5.69 Å². The molecule has 0 aliphatic heterocycles. The first kappa shape index (κ1) is 15.1. The maximum Gasteiger partial charge on any atom is 0.161 e. The fourth-order valence-corrected chi connectivity index (χ4v) is 3.96. The van der Waals surface area contributed by atoms with Gasteiger partial charge in [0.1, 0.15) is 10.7 Å². The monoisotopic (exact) mass is 350 g/mol. The summed E-state index contributed by atoms with van der Waals surface area (Å²) in [4.78, 5) is 19.5. The number of aromatic nitrogens is 4. The van der Waals surface area contributed by atoms with Crippen LogP contribution in [-0.2, 0) is 0 Å². The van der Waals surface area contributed by atoms with Gasteiger partial charge in [-0.2, -0.15) is 11.3 Å². The van der Waals surface area contributed by atoms with Crippen LogP contribution in [0.25, 0.3) is 33.2 Å². The van der Waals surface area contributed by atoms with Crippen LogP contribution in [-0.4, -0.2) is 19.9 Å². The predicted octanol–water partition coefficient (Wildman–Crippen LogP) is 5.01. The Morgan fingerprint density at radius 3 is 2.58 bits per heavy atom. The van der Waals surface area contributed by atoms with E-state index in [0.29, 0.717) is 5.82 Å². The Hall–Kier alpha value is -2.44. The molecule has 0 saturated heterocycles. The molecule has 0 aliphatic rings. The fraction of sp³-hybridized carbons (Fsp3) is 0.111. The van der Waals surface area contributed by atoms with Crippen LogP contribution in [0.4, 0.5) is 0 Å². The minimum atomic E-state index is 0.669. The molecule has 118 valence electrons. The predicted molar refractivity (Wildman–Crippen MR) is 99.2 cm³/mol. The molecule has 4 nitrogen and oxygen atoms in total. The lowest BCUT2D eigenvalue weighted by atomic mass is 10.1. The zero-order valence-electron chi connectivity index (χ0n) is 13.2. The van der Waals surface area contributed by atoms with Gasteiger partial charge >= 0.3 is 0 Å². The Balaban J connectivity index is 1.92. The van der Waals surface area contributed by atoms with Gasteiger partial charge in [-0.05, 0) is 48.4 Å². The molecule has 0 radical (unpaired) electrons. The number of thiophene rings is 1. The van der Waals surface area contributed by atoms with Crippen LogP contribution >= 0.6 is 22.7 Å². The minimum Gasteiger partial charge on any atom is -0.264 e. The summed E-state index contributed by atoms with van der Waals surface area (Å²) in [5.74, 6) is 0.669. The van der Waals surface area contributed by atoms with E-state index >= 15 is 0 Å². The van der Waals surface area contributed by atoms with Gasteiger partial charge in [0, 0.05) is 34.6 Å². The second kappa shape index (κ2) is 6.22. The quantitative estimate of drug-likeness (QED) is 0.521. The van der Waals surface area contributed by atoms with Crippen molar-refractivity contribution >= 4 is 22.7 Å². The second-order valence-corrected chi connectivity index (χ2v) is 7.35. The Labute approximate surface area is 147 Å². The van der Waals surface area contributed by atoms with E-state index in [2.05, 4.69) is 33.7 Å². The normalized spacial score (nSPS) is 10.9. The summed E-state index contributed by atoms with van der Waals surface area (Å²) in [5, 5.41) is 5.10. The average molecular weight is 350 g/mol. The lowest BCUT2D eigenvalue weighted by Crippen LogP contribution is -1.95. The summed E-state index contributed by atoms with van der Waals surface area (Å²) in [7, 11) is 0. The first-order valence-electron chi connectivity index (χ1n) is 7.47. The number of pyridine rings is 1. The molecule has 0 aliphatic carbocycles. The van der Waals surface area contributed by atoms with Crippen molar-refractivity contribution in [2.24, 2.45) is 0 Å². The lowest BCUT2D eigenvalue weighted by molar-refractivity contribution is 1.15. The fourth-order valence-electron chi connectivity index (χ4n) is 2.38. The maximum atomic E-state index is 4.83. The second-order valence-electron chi connectivity index (χ2n) is 5.37. The summed E-state index contributed by atoms with van der Waals surface area (Å²) >= 11 is 3.33. The molecule has 4 heterocycles. The van der Waals surface area contributed by atoms with Gasteiger partial charge in [0.25, 0.3) is 0 Å².